The van der Waals surface area contributed by atoms with Gasteiger partial charge in [-0.3, -0.25) is 4.18 Å². The summed E-state index contributed by atoms with van der Waals surface area (Å²) in [5, 5.41) is 9.56. The summed E-state index contributed by atoms with van der Waals surface area (Å²) in [6.45, 7) is 1.85. The maximum atomic E-state index is 13.0. The molecule has 0 heterocycles. The first-order valence-corrected chi connectivity index (χ1v) is 10.5. The summed E-state index contributed by atoms with van der Waals surface area (Å²) < 4.78 is 49.0. The Morgan fingerprint density at radius 2 is 1.79 bits per heavy atom. The van der Waals surface area contributed by atoms with Crippen molar-refractivity contribution in [3.8, 4) is 5.75 Å². The first-order valence-electron chi connectivity index (χ1n) is 9.12. The Morgan fingerprint density at radius 1 is 1.11 bits per heavy atom. The third kappa shape index (κ3) is 7.42. The minimum atomic E-state index is -3.94. The molecule has 2 atom stereocenters. The zero-order valence-corrected chi connectivity index (χ0v) is 16.5. The van der Waals surface area contributed by atoms with E-state index in [2.05, 4.69) is 0 Å². The number of hydrogen-bond donors (Lipinski definition) is 1. The molecule has 0 spiro atoms. The molecule has 0 bridgehead atoms. The molecule has 1 unspecified atom stereocenters. The lowest BCUT2D eigenvalue weighted by Crippen LogP contribution is -2.25. The van der Waals surface area contributed by atoms with Crippen molar-refractivity contribution >= 4 is 10.1 Å². The maximum absolute atomic E-state index is 13.0. The van der Waals surface area contributed by atoms with Crippen molar-refractivity contribution in [2.24, 2.45) is 0 Å². The summed E-state index contributed by atoms with van der Waals surface area (Å²) in [4.78, 5) is 0.0683. The molecule has 0 radical (unpaired) electrons. The Labute approximate surface area is 165 Å². The summed E-state index contributed by atoms with van der Waals surface area (Å²) in [6.07, 6.45) is 3.69. The Balaban J connectivity index is 2.04. The number of aliphatic hydroxyl groups excluding tert-OH is 1. The Morgan fingerprint density at radius 3 is 2.43 bits per heavy atom. The predicted octanol–water partition coefficient (Wildman–Crippen LogP) is 4.09. The van der Waals surface area contributed by atoms with E-state index >= 15 is 0 Å². The molecule has 0 saturated carbocycles. The second-order valence-corrected chi connectivity index (χ2v) is 7.80. The van der Waals surface area contributed by atoms with Crippen LogP contribution in [0, 0.1) is 5.82 Å². The molecule has 7 heteroatoms. The summed E-state index contributed by atoms with van der Waals surface area (Å²) in [5.41, 5.74) is 0. The molecule has 0 amide bonds. The highest BCUT2D eigenvalue weighted by atomic mass is 32.2. The first kappa shape index (κ1) is 22.1. The van der Waals surface area contributed by atoms with Crippen molar-refractivity contribution in [2.75, 3.05) is 6.61 Å². The number of aliphatic hydroxyl groups is 1. The lowest BCUT2D eigenvalue weighted by molar-refractivity contribution is 0.127. The van der Waals surface area contributed by atoms with Crippen LogP contribution in [0.15, 0.2) is 71.6 Å². The number of halogens is 1. The molecule has 28 heavy (non-hydrogen) atoms. The van der Waals surface area contributed by atoms with E-state index < -0.39 is 22.3 Å². The summed E-state index contributed by atoms with van der Waals surface area (Å²) >= 11 is 0. The van der Waals surface area contributed by atoms with Crippen LogP contribution in [0.5, 0.6) is 5.75 Å². The second kappa shape index (κ2) is 10.9. The van der Waals surface area contributed by atoms with Crippen molar-refractivity contribution in [1.82, 2.24) is 0 Å². The molecule has 0 aromatic heterocycles. The standard InChI is InChI=1S/C21H25FO5S/c1-2-18(23)8-6-7-9-20(16-26-19-14-12-17(22)13-15-19)27-28(24,25)21-10-4-3-5-11-21/h3-6,8,10-15,18,20,23H,2,7,9,16H2,1H3/t18?,20-/m1/s1. The Kier molecular flexibility index (Phi) is 8.63. The molecule has 0 aliphatic carbocycles. The van der Waals surface area contributed by atoms with Gasteiger partial charge in [0.1, 0.15) is 24.3 Å². The van der Waals surface area contributed by atoms with Crippen LogP contribution in [0.1, 0.15) is 26.2 Å². The second-order valence-electron chi connectivity index (χ2n) is 6.23. The van der Waals surface area contributed by atoms with Gasteiger partial charge in [-0.15, -0.1) is 0 Å². The fraction of sp³-hybridized carbons (Fsp3) is 0.333. The molecule has 2 aromatic carbocycles. The highest BCUT2D eigenvalue weighted by Crippen LogP contribution is 2.18. The van der Waals surface area contributed by atoms with Crippen molar-refractivity contribution in [2.45, 2.75) is 43.3 Å². The monoisotopic (exact) mass is 408 g/mol. The van der Waals surface area contributed by atoms with Gasteiger partial charge in [0, 0.05) is 0 Å². The number of benzene rings is 2. The number of rotatable bonds is 11. The highest BCUT2D eigenvalue weighted by Gasteiger charge is 2.22. The molecule has 0 aliphatic heterocycles. The lowest BCUT2D eigenvalue weighted by Gasteiger charge is -2.18. The molecule has 0 fully saturated rings. The normalized spacial score (nSPS) is 14.1. The Hall–Kier alpha value is -2.22. The van der Waals surface area contributed by atoms with E-state index in [1.54, 1.807) is 30.4 Å². The van der Waals surface area contributed by atoms with Crippen LogP contribution in [0.4, 0.5) is 4.39 Å². The van der Waals surface area contributed by atoms with Crippen LogP contribution in [-0.2, 0) is 14.3 Å². The minimum Gasteiger partial charge on any atom is -0.491 e. The summed E-state index contributed by atoms with van der Waals surface area (Å²) in [7, 11) is -3.94. The van der Waals surface area contributed by atoms with Crippen LogP contribution < -0.4 is 4.74 Å². The van der Waals surface area contributed by atoms with E-state index in [4.69, 9.17) is 8.92 Å². The predicted molar refractivity (Wildman–Crippen MR) is 105 cm³/mol. The molecule has 5 nitrogen and oxygen atoms in total. The lowest BCUT2D eigenvalue weighted by atomic mass is 10.1. The van der Waals surface area contributed by atoms with Crippen molar-refractivity contribution < 1.29 is 26.8 Å². The average molecular weight is 408 g/mol. The molecule has 152 valence electrons. The summed E-state index contributed by atoms with van der Waals surface area (Å²) in [6, 6.07) is 13.4. The van der Waals surface area contributed by atoms with Crippen LogP contribution >= 0.6 is 0 Å². The van der Waals surface area contributed by atoms with Gasteiger partial charge in [0.15, 0.2) is 0 Å². The summed E-state index contributed by atoms with van der Waals surface area (Å²) in [5.74, 6) is 0.0375. The smallest absolute Gasteiger partial charge is 0.297 e. The average Bonchev–Trinajstić information content (AvgIpc) is 2.70. The van der Waals surface area contributed by atoms with Gasteiger partial charge < -0.3 is 9.84 Å². The van der Waals surface area contributed by atoms with Crippen molar-refractivity contribution in [3.05, 3.63) is 72.6 Å². The fourth-order valence-electron chi connectivity index (χ4n) is 2.37. The molecular weight excluding hydrogens is 383 g/mol. The quantitative estimate of drug-likeness (QED) is 0.448. The number of ether oxygens (including phenoxy) is 1. The van der Waals surface area contributed by atoms with E-state index in [0.29, 0.717) is 25.0 Å². The van der Waals surface area contributed by atoms with Gasteiger partial charge >= 0.3 is 0 Å². The van der Waals surface area contributed by atoms with Gasteiger partial charge in [0.2, 0.25) is 0 Å². The fourth-order valence-corrected chi connectivity index (χ4v) is 3.48. The Bertz CT molecular complexity index is 835. The topological polar surface area (TPSA) is 72.8 Å². The SMILES string of the molecule is CCC(O)C=CCC[C@H](COc1ccc(F)cc1)OS(=O)(=O)c1ccccc1. The highest BCUT2D eigenvalue weighted by molar-refractivity contribution is 7.86. The van der Waals surface area contributed by atoms with Gasteiger partial charge in [-0.05, 0) is 55.7 Å². The zero-order valence-electron chi connectivity index (χ0n) is 15.7. The minimum absolute atomic E-state index is 0.0120. The van der Waals surface area contributed by atoms with Crippen molar-refractivity contribution in [1.29, 1.82) is 0 Å². The van der Waals surface area contributed by atoms with Gasteiger partial charge in [-0.2, -0.15) is 8.42 Å². The van der Waals surface area contributed by atoms with Crippen LogP contribution in [0.3, 0.4) is 0 Å². The molecule has 0 saturated heterocycles. The van der Waals surface area contributed by atoms with E-state index in [1.807, 2.05) is 6.92 Å². The van der Waals surface area contributed by atoms with Gasteiger partial charge in [-0.1, -0.05) is 37.3 Å². The van der Waals surface area contributed by atoms with Crippen LogP contribution in [0.25, 0.3) is 0 Å². The third-order valence-electron chi connectivity index (χ3n) is 3.98. The van der Waals surface area contributed by atoms with Gasteiger partial charge in [0.25, 0.3) is 10.1 Å². The maximum Gasteiger partial charge on any atom is 0.297 e. The molecule has 2 rings (SSSR count). The first-order chi connectivity index (χ1) is 13.4. The van der Waals surface area contributed by atoms with Crippen molar-refractivity contribution in [3.63, 3.8) is 0 Å². The van der Waals surface area contributed by atoms with Gasteiger partial charge in [-0.25, -0.2) is 4.39 Å². The third-order valence-corrected chi connectivity index (χ3v) is 5.35. The molecule has 2 aromatic rings. The molecule has 1 N–H and O–H groups in total. The van der Waals surface area contributed by atoms with Crippen LogP contribution in [0.2, 0.25) is 0 Å². The number of allylic oxidation sites excluding steroid dienone is 1. The van der Waals surface area contributed by atoms with E-state index in [0.717, 1.165) is 0 Å². The largest absolute Gasteiger partial charge is 0.491 e. The molecule has 0 aliphatic rings. The van der Waals surface area contributed by atoms with E-state index in [-0.39, 0.29) is 17.3 Å². The van der Waals surface area contributed by atoms with Gasteiger partial charge in [0.05, 0.1) is 11.0 Å². The van der Waals surface area contributed by atoms with Crippen LogP contribution in [-0.4, -0.2) is 32.3 Å². The number of hydrogen-bond acceptors (Lipinski definition) is 5. The zero-order chi connectivity index (χ0) is 20.4. The van der Waals surface area contributed by atoms with E-state index in [9.17, 15) is 17.9 Å². The molecular formula is C21H25FO5S. The van der Waals surface area contributed by atoms with E-state index in [1.165, 1.54) is 36.4 Å².